The zero-order valence-corrected chi connectivity index (χ0v) is 12.4. The molecule has 2 rings (SSSR count). The van der Waals surface area contributed by atoms with Gasteiger partial charge in [-0.15, -0.1) is 0 Å². The van der Waals surface area contributed by atoms with Gasteiger partial charge in [0.1, 0.15) is 0 Å². The van der Waals surface area contributed by atoms with Crippen LogP contribution < -0.4 is 5.32 Å². The number of nitrogens with zero attached hydrogens (tertiary/aromatic N) is 1. The molecule has 0 heterocycles. The lowest BCUT2D eigenvalue weighted by Crippen LogP contribution is -2.36. The molecule has 0 unspecified atom stereocenters. The van der Waals surface area contributed by atoms with E-state index in [1.165, 1.54) is 6.08 Å². The fourth-order valence-corrected chi connectivity index (χ4v) is 2.03. The first-order valence-electron chi connectivity index (χ1n) is 7.23. The largest absolute Gasteiger partial charge is 0.452 e. The third-order valence-electron chi connectivity index (χ3n) is 3.51. The van der Waals surface area contributed by atoms with Crippen molar-refractivity contribution in [1.29, 1.82) is 5.26 Å². The third-order valence-corrected chi connectivity index (χ3v) is 3.51. The summed E-state index contributed by atoms with van der Waals surface area (Å²) in [5.74, 6) is -0.283. The number of benzene rings is 1. The van der Waals surface area contributed by atoms with E-state index in [4.69, 9.17) is 10.00 Å². The van der Waals surface area contributed by atoms with E-state index in [1.54, 1.807) is 30.3 Å². The SMILES string of the molecule is C[C@H](NC(=O)COC(=O)/C=C/c1ccc(C#N)cc1)C1CC1. The molecule has 0 bridgehead atoms. The standard InChI is InChI=1S/C17H18N2O3/c1-12(15-7-8-15)19-16(20)11-22-17(21)9-6-13-2-4-14(10-18)5-3-13/h2-6,9,12,15H,7-8,11H2,1H3,(H,19,20)/b9-6+/t12-/m0/s1. The summed E-state index contributed by atoms with van der Waals surface area (Å²) in [5, 5.41) is 11.5. The molecule has 1 atom stereocenters. The summed E-state index contributed by atoms with van der Waals surface area (Å²) in [6.45, 7) is 1.69. The van der Waals surface area contributed by atoms with Crippen molar-refractivity contribution in [2.24, 2.45) is 5.92 Å². The van der Waals surface area contributed by atoms with Gasteiger partial charge in [0.15, 0.2) is 6.61 Å². The summed E-state index contributed by atoms with van der Waals surface area (Å²) < 4.78 is 4.88. The van der Waals surface area contributed by atoms with Crippen LogP contribution >= 0.6 is 0 Å². The van der Waals surface area contributed by atoms with Gasteiger partial charge in [-0.2, -0.15) is 5.26 Å². The number of hydrogen-bond acceptors (Lipinski definition) is 4. The van der Waals surface area contributed by atoms with Gasteiger partial charge >= 0.3 is 5.97 Å². The number of rotatable bonds is 6. The molecule has 114 valence electrons. The lowest BCUT2D eigenvalue weighted by molar-refractivity contribution is -0.144. The molecule has 1 aliphatic carbocycles. The fraction of sp³-hybridized carbons (Fsp3) is 0.353. The minimum absolute atomic E-state index is 0.139. The van der Waals surface area contributed by atoms with Crippen molar-refractivity contribution in [1.82, 2.24) is 5.32 Å². The van der Waals surface area contributed by atoms with Gasteiger partial charge in [-0.3, -0.25) is 4.79 Å². The van der Waals surface area contributed by atoms with Crippen LogP contribution in [0.25, 0.3) is 6.08 Å². The maximum Gasteiger partial charge on any atom is 0.331 e. The summed E-state index contributed by atoms with van der Waals surface area (Å²) in [6.07, 6.45) is 5.14. The Morgan fingerprint density at radius 1 is 1.41 bits per heavy atom. The molecule has 0 saturated heterocycles. The number of hydrogen-bond donors (Lipinski definition) is 1. The van der Waals surface area contributed by atoms with E-state index in [-0.39, 0.29) is 18.6 Å². The van der Waals surface area contributed by atoms with Crippen LogP contribution in [-0.2, 0) is 14.3 Å². The van der Waals surface area contributed by atoms with E-state index in [1.807, 2.05) is 13.0 Å². The Bertz CT molecular complexity index is 610. The Kier molecular flexibility index (Phi) is 5.31. The molecule has 1 saturated carbocycles. The van der Waals surface area contributed by atoms with E-state index in [2.05, 4.69) is 5.32 Å². The van der Waals surface area contributed by atoms with Crippen molar-refractivity contribution in [3.8, 4) is 6.07 Å². The van der Waals surface area contributed by atoms with Crippen molar-refractivity contribution in [3.05, 3.63) is 41.5 Å². The molecule has 1 aromatic carbocycles. The van der Waals surface area contributed by atoms with Crippen LogP contribution in [0.15, 0.2) is 30.3 Å². The maximum atomic E-state index is 11.6. The minimum atomic E-state index is -0.571. The normalized spacial score (nSPS) is 15.1. The Hall–Kier alpha value is -2.61. The average molecular weight is 298 g/mol. The highest BCUT2D eigenvalue weighted by atomic mass is 16.5. The highest BCUT2D eigenvalue weighted by Crippen LogP contribution is 2.32. The molecule has 1 fully saturated rings. The molecule has 0 aromatic heterocycles. The van der Waals surface area contributed by atoms with Crippen molar-refractivity contribution >= 4 is 18.0 Å². The molecule has 1 aromatic rings. The maximum absolute atomic E-state index is 11.6. The van der Waals surface area contributed by atoms with Gasteiger partial charge in [-0.25, -0.2) is 4.79 Å². The second kappa shape index (κ2) is 7.41. The fourth-order valence-electron chi connectivity index (χ4n) is 2.03. The number of esters is 1. The average Bonchev–Trinajstić information content (AvgIpc) is 3.36. The van der Waals surface area contributed by atoms with Gasteiger partial charge in [-0.05, 0) is 49.5 Å². The zero-order chi connectivity index (χ0) is 15.9. The van der Waals surface area contributed by atoms with E-state index in [0.29, 0.717) is 11.5 Å². The van der Waals surface area contributed by atoms with Crippen molar-refractivity contribution in [2.75, 3.05) is 6.61 Å². The van der Waals surface area contributed by atoms with Crippen LogP contribution in [0.3, 0.4) is 0 Å². The van der Waals surface area contributed by atoms with Crippen LogP contribution in [0.5, 0.6) is 0 Å². The number of carbonyl (C=O) groups excluding carboxylic acids is 2. The van der Waals surface area contributed by atoms with Gasteiger partial charge in [0.2, 0.25) is 0 Å². The van der Waals surface area contributed by atoms with Crippen LogP contribution in [0.2, 0.25) is 0 Å². The summed E-state index contributed by atoms with van der Waals surface area (Å²) >= 11 is 0. The molecule has 1 N–H and O–H groups in total. The molecule has 1 aliphatic rings. The van der Waals surface area contributed by atoms with E-state index in [0.717, 1.165) is 18.4 Å². The minimum Gasteiger partial charge on any atom is -0.452 e. The van der Waals surface area contributed by atoms with Crippen LogP contribution in [-0.4, -0.2) is 24.5 Å². The summed E-state index contributed by atoms with van der Waals surface area (Å²) in [4.78, 5) is 23.1. The number of ether oxygens (including phenoxy) is 1. The number of nitriles is 1. The van der Waals surface area contributed by atoms with Gasteiger partial charge in [0.05, 0.1) is 11.6 Å². The van der Waals surface area contributed by atoms with Crippen molar-refractivity contribution in [3.63, 3.8) is 0 Å². The number of carbonyl (C=O) groups is 2. The first kappa shape index (κ1) is 15.8. The topological polar surface area (TPSA) is 79.2 Å². The number of nitrogens with one attached hydrogen (secondary N) is 1. The van der Waals surface area contributed by atoms with Crippen LogP contribution in [0, 0.1) is 17.2 Å². The first-order valence-corrected chi connectivity index (χ1v) is 7.23. The second-order valence-electron chi connectivity index (χ2n) is 5.37. The second-order valence-corrected chi connectivity index (χ2v) is 5.37. The van der Waals surface area contributed by atoms with Crippen molar-refractivity contribution in [2.45, 2.75) is 25.8 Å². The molecule has 1 amide bonds. The zero-order valence-electron chi connectivity index (χ0n) is 12.4. The Labute approximate surface area is 129 Å². The van der Waals surface area contributed by atoms with Crippen molar-refractivity contribution < 1.29 is 14.3 Å². The quantitative estimate of drug-likeness (QED) is 0.644. The van der Waals surface area contributed by atoms with Gasteiger partial charge < -0.3 is 10.1 Å². The molecule has 0 aliphatic heterocycles. The lowest BCUT2D eigenvalue weighted by atomic mass is 10.1. The van der Waals surface area contributed by atoms with E-state index >= 15 is 0 Å². The third kappa shape index (κ3) is 5.06. The highest BCUT2D eigenvalue weighted by Gasteiger charge is 2.28. The van der Waals surface area contributed by atoms with Gasteiger partial charge in [0, 0.05) is 12.1 Å². The molecule has 22 heavy (non-hydrogen) atoms. The monoisotopic (exact) mass is 298 g/mol. The molecule has 5 nitrogen and oxygen atoms in total. The van der Waals surface area contributed by atoms with Crippen LogP contribution in [0.1, 0.15) is 30.9 Å². The first-order chi connectivity index (χ1) is 10.6. The predicted molar refractivity (Wildman–Crippen MR) is 81.5 cm³/mol. The molecular formula is C17H18N2O3. The molecule has 5 heteroatoms. The predicted octanol–water partition coefficient (Wildman–Crippen LogP) is 2.03. The molecule has 0 spiro atoms. The van der Waals surface area contributed by atoms with E-state index < -0.39 is 5.97 Å². The Balaban J connectivity index is 1.73. The van der Waals surface area contributed by atoms with Crippen LogP contribution in [0.4, 0.5) is 0 Å². The van der Waals surface area contributed by atoms with E-state index in [9.17, 15) is 9.59 Å². The summed E-state index contributed by atoms with van der Waals surface area (Å²) in [6, 6.07) is 8.94. The summed E-state index contributed by atoms with van der Waals surface area (Å²) in [7, 11) is 0. The highest BCUT2D eigenvalue weighted by molar-refractivity contribution is 5.89. The van der Waals surface area contributed by atoms with Gasteiger partial charge in [-0.1, -0.05) is 12.1 Å². The summed E-state index contributed by atoms with van der Waals surface area (Å²) in [5.41, 5.74) is 1.34. The molecular weight excluding hydrogens is 280 g/mol. The molecule has 0 radical (unpaired) electrons. The lowest BCUT2D eigenvalue weighted by Gasteiger charge is -2.12. The van der Waals surface area contributed by atoms with Gasteiger partial charge in [0.25, 0.3) is 5.91 Å². The smallest absolute Gasteiger partial charge is 0.331 e. The Morgan fingerprint density at radius 2 is 2.09 bits per heavy atom. The Morgan fingerprint density at radius 3 is 2.68 bits per heavy atom. The number of amides is 1.